The van der Waals surface area contributed by atoms with E-state index < -0.39 is 5.54 Å². The average molecular weight is 205 g/mol. The Labute approximate surface area is 78.9 Å². The van der Waals surface area contributed by atoms with Crippen LogP contribution in [0.15, 0.2) is 5.51 Å². The van der Waals surface area contributed by atoms with Crippen molar-refractivity contribution in [1.29, 1.82) is 0 Å². The van der Waals surface area contributed by atoms with Gasteiger partial charge in [-0.3, -0.25) is 0 Å². The van der Waals surface area contributed by atoms with Crippen molar-refractivity contribution in [2.24, 2.45) is 0 Å². The van der Waals surface area contributed by atoms with Gasteiger partial charge in [0.25, 0.3) is 0 Å². The zero-order valence-corrected chi connectivity index (χ0v) is 7.66. The van der Waals surface area contributed by atoms with Gasteiger partial charge in [0.05, 0.1) is 19.8 Å². The highest BCUT2D eigenvalue weighted by molar-refractivity contribution is 7.13. The van der Waals surface area contributed by atoms with Crippen LogP contribution in [0.4, 0.5) is 5.13 Å². The molecule has 1 rings (SSSR count). The molecule has 0 unspecified atom stereocenters. The number of aliphatic hydroxyl groups excluding tert-OH is 3. The van der Waals surface area contributed by atoms with Gasteiger partial charge in [0, 0.05) is 0 Å². The molecular weight excluding hydrogens is 194 g/mol. The maximum absolute atomic E-state index is 8.95. The molecule has 6 nitrogen and oxygen atoms in total. The molecule has 0 spiro atoms. The molecule has 0 radical (unpaired) electrons. The summed E-state index contributed by atoms with van der Waals surface area (Å²) < 4.78 is 0. The summed E-state index contributed by atoms with van der Waals surface area (Å²) in [5.74, 6) is 0. The molecule has 0 saturated heterocycles. The standard InChI is InChI=1S/C6H11N3O3S/c10-1-6(2-11,3-12)8-5-9-7-4-13-5/h4,10-12H,1-3H2,(H,8,9). The normalized spacial score (nSPS) is 11.6. The van der Waals surface area contributed by atoms with Crippen molar-refractivity contribution in [1.82, 2.24) is 10.2 Å². The van der Waals surface area contributed by atoms with Crippen LogP contribution in [0.2, 0.25) is 0 Å². The van der Waals surface area contributed by atoms with Gasteiger partial charge in [-0.25, -0.2) is 0 Å². The Kier molecular flexibility index (Phi) is 3.55. The number of aromatic nitrogens is 2. The summed E-state index contributed by atoms with van der Waals surface area (Å²) in [6.07, 6.45) is 0. The topological polar surface area (TPSA) is 98.5 Å². The minimum Gasteiger partial charge on any atom is -0.394 e. The molecule has 0 fully saturated rings. The molecule has 0 aliphatic carbocycles. The summed E-state index contributed by atoms with van der Waals surface area (Å²) in [5, 5.41) is 37.3. The van der Waals surface area contributed by atoms with Crippen molar-refractivity contribution in [3.8, 4) is 0 Å². The molecule has 1 heterocycles. The highest BCUT2D eigenvalue weighted by Gasteiger charge is 2.28. The quantitative estimate of drug-likeness (QED) is 0.475. The van der Waals surface area contributed by atoms with Gasteiger partial charge in [0.15, 0.2) is 0 Å². The summed E-state index contributed by atoms with van der Waals surface area (Å²) in [4.78, 5) is 0. The SMILES string of the molecule is OCC(CO)(CO)Nc1nncs1. The van der Waals surface area contributed by atoms with E-state index in [1.807, 2.05) is 0 Å². The van der Waals surface area contributed by atoms with Crippen LogP contribution in [0.5, 0.6) is 0 Å². The van der Waals surface area contributed by atoms with Gasteiger partial charge in [0.2, 0.25) is 5.13 Å². The molecule has 74 valence electrons. The molecule has 0 bridgehead atoms. The summed E-state index contributed by atoms with van der Waals surface area (Å²) >= 11 is 1.23. The van der Waals surface area contributed by atoms with E-state index in [2.05, 4.69) is 15.5 Å². The molecule has 4 N–H and O–H groups in total. The number of hydrogen-bond donors (Lipinski definition) is 4. The highest BCUT2D eigenvalue weighted by atomic mass is 32.1. The third-order valence-electron chi connectivity index (χ3n) is 1.64. The molecular formula is C6H11N3O3S. The van der Waals surface area contributed by atoms with Crippen LogP contribution in [0.25, 0.3) is 0 Å². The number of nitrogens with one attached hydrogen (secondary N) is 1. The summed E-state index contributed by atoms with van der Waals surface area (Å²) in [5.41, 5.74) is 0.388. The van der Waals surface area contributed by atoms with Crippen LogP contribution in [-0.4, -0.2) is 50.9 Å². The second-order valence-electron chi connectivity index (χ2n) is 2.62. The molecule has 0 aliphatic rings. The molecule has 1 aromatic rings. The molecule has 0 aliphatic heterocycles. The van der Waals surface area contributed by atoms with Gasteiger partial charge < -0.3 is 20.6 Å². The molecule has 13 heavy (non-hydrogen) atoms. The predicted octanol–water partition coefficient (Wildman–Crippen LogP) is -1.33. The summed E-state index contributed by atoms with van der Waals surface area (Å²) in [6, 6.07) is 0. The average Bonchev–Trinajstić information content (AvgIpc) is 2.67. The Morgan fingerprint density at radius 1 is 1.31 bits per heavy atom. The van der Waals surface area contributed by atoms with E-state index in [1.165, 1.54) is 16.8 Å². The van der Waals surface area contributed by atoms with Crippen molar-refractivity contribution >= 4 is 16.5 Å². The number of nitrogens with zero attached hydrogens (tertiary/aromatic N) is 2. The largest absolute Gasteiger partial charge is 0.394 e. The van der Waals surface area contributed by atoms with Crippen LogP contribution >= 0.6 is 11.3 Å². The van der Waals surface area contributed by atoms with E-state index in [1.54, 1.807) is 0 Å². The van der Waals surface area contributed by atoms with E-state index >= 15 is 0 Å². The van der Waals surface area contributed by atoms with Crippen molar-refractivity contribution in [3.63, 3.8) is 0 Å². The lowest BCUT2D eigenvalue weighted by atomic mass is 10.0. The van der Waals surface area contributed by atoms with Crippen LogP contribution in [-0.2, 0) is 0 Å². The van der Waals surface area contributed by atoms with Gasteiger partial charge in [0.1, 0.15) is 11.0 Å². The van der Waals surface area contributed by atoms with Crippen molar-refractivity contribution in [3.05, 3.63) is 5.51 Å². The van der Waals surface area contributed by atoms with Gasteiger partial charge in [-0.2, -0.15) is 0 Å². The Morgan fingerprint density at radius 2 is 1.92 bits per heavy atom. The zero-order valence-electron chi connectivity index (χ0n) is 6.84. The first-order valence-corrected chi connectivity index (χ1v) is 4.51. The fourth-order valence-corrected chi connectivity index (χ4v) is 1.29. The maximum Gasteiger partial charge on any atom is 0.206 e. The molecule has 0 saturated carbocycles. The van der Waals surface area contributed by atoms with Crippen molar-refractivity contribution in [2.45, 2.75) is 5.54 Å². The van der Waals surface area contributed by atoms with Gasteiger partial charge in [-0.15, -0.1) is 10.2 Å². The summed E-state index contributed by atoms with van der Waals surface area (Å²) in [7, 11) is 0. The molecule has 7 heteroatoms. The fraction of sp³-hybridized carbons (Fsp3) is 0.667. The first kappa shape index (κ1) is 10.3. The van der Waals surface area contributed by atoms with Crippen LogP contribution < -0.4 is 5.32 Å². The Bertz CT molecular complexity index is 229. The van der Waals surface area contributed by atoms with Crippen LogP contribution in [0.3, 0.4) is 0 Å². The highest BCUT2D eigenvalue weighted by Crippen LogP contribution is 2.15. The third-order valence-corrected chi connectivity index (χ3v) is 2.25. The lowest BCUT2D eigenvalue weighted by Crippen LogP contribution is -2.49. The molecule has 0 amide bonds. The lowest BCUT2D eigenvalue weighted by Gasteiger charge is -2.27. The molecule has 1 aromatic heterocycles. The van der Waals surface area contributed by atoms with Crippen LogP contribution in [0, 0.1) is 0 Å². The summed E-state index contributed by atoms with van der Waals surface area (Å²) in [6.45, 7) is -1.13. The van der Waals surface area contributed by atoms with E-state index in [0.29, 0.717) is 5.13 Å². The smallest absolute Gasteiger partial charge is 0.206 e. The Morgan fingerprint density at radius 3 is 2.31 bits per heavy atom. The number of rotatable bonds is 5. The lowest BCUT2D eigenvalue weighted by molar-refractivity contribution is 0.0833. The van der Waals surface area contributed by atoms with E-state index in [0.717, 1.165) is 0 Å². The number of aliphatic hydroxyl groups is 3. The Hall–Kier alpha value is -0.760. The van der Waals surface area contributed by atoms with Crippen LogP contribution in [0.1, 0.15) is 0 Å². The van der Waals surface area contributed by atoms with E-state index in [4.69, 9.17) is 15.3 Å². The minimum atomic E-state index is -1.13. The molecule has 0 aromatic carbocycles. The van der Waals surface area contributed by atoms with Crippen molar-refractivity contribution < 1.29 is 15.3 Å². The second-order valence-corrected chi connectivity index (χ2v) is 3.46. The van der Waals surface area contributed by atoms with Gasteiger partial charge in [-0.1, -0.05) is 11.3 Å². The van der Waals surface area contributed by atoms with Crippen molar-refractivity contribution in [2.75, 3.05) is 25.1 Å². The number of anilines is 1. The van der Waals surface area contributed by atoms with E-state index in [9.17, 15) is 0 Å². The van der Waals surface area contributed by atoms with Gasteiger partial charge in [-0.05, 0) is 0 Å². The maximum atomic E-state index is 8.95. The first-order chi connectivity index (χ1) is 6.26. The third kappa shape index (κ3) is 2.34. The second kappa shape index (κ2) is 4.47. The monoisotopic (exact) mass is 205 g/mol. The molecule has 0 atom stereocenters. The first-order valence-electron chi connectivity index (χ1n) is 3.63. The Balaban J connectivity index is 2.67. The number of hydrogen-bond acceptors (Lipinski definition) is 7. The zero-order chi connectivity index (χ0) is 9.73. The predicted molar refractivity (Wildman–Crippen MR) is 47.5 cm³/mol. The van der Waals surface area contributed by atoms with Gasteiger partial charge >= 0.3 is 0 Å². The van der Waals surface area contributed by atoms with E-state index in [-0.39, 0.29) is 19.8 Å². The minimum absolute atomic E-state index is 0.375. The fourth-order valence-electron chi connectivity index (χ4n) is 0.723.